The lowest BCUT2D eigenvalue weighted by Crippen LogP contribution is -2.03. The highest BCUT2D eigenvalue weighted by molar-refractivity contribution is 6.25. The van der Waals surface area contributed by atoms with Crippen molar-refractivity contribution in [2.45, 2.75) is 0 Å². The van der Waals surface area contributed by atoms with Crippen molar-refractivity contribution in [1.82, 2.24) is 19.5 Å². The minimum absolute atomic E-state index is 0.595. The predicted molar refractivity (Wildman–Crippen MR) is 229 cm³/mol. The smallest absolute Gasteiger partial charge is 0.166 e. The lowest BCUT2D eigenvalue weighted by atomic mass is 10.0. The molecule has 0 unspecified atom stereocenters. The van der Waals surface area contributed by atoms with Gasteiger partial charge in [0.1, 0.15) is 11.2 Å². The van der Waals surface area contributed by atoms with Crippen LogP contribution in [-0.2, 0) is 0 Å². The van der Waals surface area contributed by atoms with Crippen LogP contribution in [0.4, 0.5) is 0 Å². The van der Waals surface area contributed by atoms with Crippen molar-refractivity contribution in [3.05, 3.63) is 194 Å². The molecule has 0 bridgehead atoms. The van der Waals surface area contributed by atoms with Crippen molar-refractivity contribution in [3.8, 4) is 62.1 Å². The lowest BCUT2D eigenvalue weighted by molar-refractivity contribution is 0.669. The molecule has 5 heteroatoms. The first kappa shape index (κ1) is 31.9. The monoisotopic (exact) mass is 716 g/mol. The van der Waals surface area contributed by atoms with E-state index in [4.69, 9.17) is 19.4 Å². The summed E-state index contributed by atoms with van der Waals surface area (Å²) in [5.41, 5.74) is 12.2. The molecule has 0 saturated carbocycles. The Morgan fingerprint density at radius 1 is 0.357 bits per heavy atom. The number of hydrogen-bond acceptors (Lipinski definition) is 4. The molecular formula is C51H32N4O. The zero-order valence-corrected chi connectivity index (χ0v) is 30.2. The van der Waals surface area contributed by atoms with Gasteiger partial charge in [-0.3, -0.25) is 0 Å². The summed E-state index contributed by atoms with van der Waals surface area (Å²) < 4.78 is 8.94. The molecule has 0 aliphatic rings. The van der Waals surface area contributed by atoms with E-state index in [-0.39, 0.29) is 0 Å². The standard InChI is InChI=1S/C51H32N4O/c1-4-14-33(15-5-1)35-24-26-37(27-25-35)50-52-49(36-18-8-3-9-19-36)53-51(54-50)41-21-11-13-23-44(41)55-43-22-12-10-20-39(43)40-29-31-46-47(48(40)55)42-32-38(28-30-45(42)56-46)34-16-6-2-7-17-34/h1-32H. The molecule has 0 amide bonds. The van der Waals surface area contributed by atoms with Crippen LogP contribution in [0.15, 0.2) is 199 Å². The maximum atomic E-state index is 6.57. The fourth-order valence-corrected chi connectivity index (χ4v) is 8.02. The molecule has 0 atom stereocenters. The van der Waals surface area contributed by atoms with E-state index in [0.29, 0.717) is 17.5 Å². The van der Waals surface area contributed by atoms with Gasteiger partial charge in [-0.1, -0.05) is 152 Å². The van der Waals surface area contributed by atoms with Gasteiger partial charge < -0.3 is 8.98 Å². The topological polar surface area (TPSA) is 56.7 Å². The van der Waals surface area contributed by atoms with Crippen LogP contribution in [0.1, 0.15) is 0 Å². The van der Waals surface area contributed by atoms with Crippen molar-refractivity contribution in [3.63, 3.8) is 0 Å². The van der Waals surface area contributed by atoms with E-state index in [2.05, 4.69) is 162 Å². The summed E-state index contributed by atoms with van der Waals surface area (Å²) in [6.45, 7) is 0. The van der Waals surface area contributed by atoms with Gasteiger partial charge in [-0.15, -0.1) is 0 Å². The normalized spacial score (nSPS) is 11.6. The fraction of sp³-hybridized carbons (Fsp3) is 0. The number of furan rings is 1. The first-order valence-corrected chi connectivity index (χ1v) is 18.8. The molecule has 56 heavy (non-hydrogen) atoms. The molecule has 0 spiro atoms. The van der Waals surface area contributed by atoms with E-state index in [1.165, 1.54) is 0 Å². The van der Waals surface area contributed by atoms with Crippen LogP contribution in [0.25, 0.3) is 106 Å². The third-order valence-corrected chi connectivity index (χ3v) is 10.7. The number of hydrogen-bond donors (Lipinski definition) is 0. The van der Waals surface area contributed by atoms with Crippen LogP contribution in [0.2, 0.25) is 0 Å². The molecular weight excluding hydrogens is 685 g/mol. The number of aromatic nitrogens is 4. The molecule has 0 fully saturated rings. The highest BCUT2D eigenvalue weighted by Crippen LogP contribution is 2.43. The molecule has 0 aliphatic heterocycles. The largest absolute Gasteiger partial charge is 0.456 e. The minimum Gasteiger partial charge on any atom is -0.456 e. The molecule has 11 rings (SSSR count). The Labute approximate surface area is 322 Å². The van der Waals surface area contributed by atoms with E-state index in [0.717, 1.165) is 88.4 Å². The van der Waals surface area contributed by atoms with Crippen LogP contribution in [0.3, 0.4) is 0 Å². The maximum absolute atomic E-state index is 6.57. The van der Waals surface area contributed by atoms with E-state index >= 15 is 0 Å². The van der Waals surface area contributed by atoms with Gasteiger partial charge in [0.15, 0.2) is 17.5 Å². The molecule has 0 N–H and O–H groups in total. The summed E-state index contributed by atoms with van der Waals surface area (Å²) in [4.78, 5) is 15.5. The van der Waals surface area contributed by atoms with Crippen molar-refractivity contribution >= 4 is 43.7 Å². The van der Waals surface area contributed by atoms with Gasteiger partial charge in [-0.05, 0) is 64.7 Å². The van der Waals surface area contributed by atoms with Crippen molar-refractivity contribution in [2.24, 2.45) is 0 Å². The Balaban J connectivity index is 1.16. The molecule has 8 aromatic carbocycles. The van der Waals surface area contributed by atoms with Crippen LogP contribution < -0.4 is 0 Å². The molecule has 11 aromatic rings. The summed E-state index contributed by atoms with van der Waals surface area (Å²) in [5, 5.41) is 4.45. The molecule has 3 aromatic heterocycles. The molecule has 5 nitrogen and oxygen atoms in total. The summed E-state index contributed by atoms with van der Waals surface area (Å²) in [6, 6.07) is 67.3. The van der Waals surface area contributed by atoms with E-state index in [1.54, 1.807) is 0 Å². The summed E-state index contributed by atoms with van der Waals surface area (Å²) >= 11 is 0. The summed E-state index contributed by atoms with van der Waals surface area (Å²) in [7, 11) is 0. The first-order valence-electron chi connectivity index (χ1n) is 18.8. The van der Waals surface area contributed by atoms with Gasteiger partial charge in [0.25, 0.3) is 0 Å². The van der Waals surface area contributed by atoms with Gasteiger partial charge in [0.2, 0.25) is 0 Å². The first-order chi connectivity index (χ1) is 27.8. The Morgan fingerprint density at radius 3 is 1.61 bits per heavy atom. The van der Waals surface area contributed by atoms with Crippen molar-refractivity contribution in [1.29, 1.82) is 0 Å². The number of nitrogens with zero attached hydrogens (tertiary/aromatic N) is 4. The molecule has 3 heterocycles. The van der Waals surface area contributed by atoms with Crippen molar-refractivity contribution < 1.29 is 4.42 Å². The maximum Gasteiger partial charge on any atom is 0.166 e. The Kier molecular flexibility index (Phi) is 7.42. The quantitative estimate of drug-likeness (QED) is 0.172. The van der Waals surface area contributed by atoms with Gasteiger partial charge in [0, 0.05) is 32.8 Å². The van der Waals surface area contributed by atoms with Gasteiger partial charge in [-0.25, -0.2) is 15.0 Å². The van der Waals surface area contributed by atoms with Gasteiger partial charge >= 0.3 is 0 Å². The average Bonchev–Trinajstić information content (AvgIpc) is 3.82. The van der Waals surface area contributed by atoms with Crippen LogP contribution >= 0.6 is 0 Å². The number of benzene rings is 8. The third-order valence-electron chi connectivity index (χ3n) is 10.7. The summed E-state index contributed by atoms with van der Waals surface area (Å²) in [6.07, 6.45) is 0. The fourth-order valence-electron chi connectivity index (χ4n) is 8.02. The zero-order valence-electron chi connectivity index (χ0n) is 30.2. The second-order valence-corrected chi connectivity index (χ2v) is 14.0. The minimum atomic E-state index is 0.595. The van der Waals surface area contributed by atoms with Gasteiger partial charge in [0.05, 0.1) is 22.1 Å². The molecule has 0 aliphatic carbocycles. The van der Waals surface area contributed by atoms with Crippen molar-refractivity contribution in [2.75, 3.05) is 0 Å². The third kappa shape index (κ3) is 5.29. The Bertz CT molecular complexity index is 3220. The van der Waals surface area contributed by atoms with E-state index in [9.17, 15) is 0 Å². The van der Waals surface area contributed by atoms with E-state index < -0.39 is 0 Å². The zero-order chi connectivity index (χ0) is 37.0. The molecule has 262 valence electrons. The highest BCUT2D eigenvalue weighted by atomic mass is 16.3. The predicted octanol–water partition coefficient (Wildman–Crippen LogP) is 13.2. The SMILES string of the molecule is c1ccc(-c2ccc(-c3nc(-c4ccccc4)nc(-c4ccccc4-n4c5ccccc5c5ccc6oc7ccc(-c8ccccc8)cc7c6c54)n3)cc2)cc1. The lowest BCUT2D eigenvalue weighted by Gasteiger charge is -2.15. The number of fused-ring (bicyclic) bond motifs is 7. The number of rotatable bonds is 6. The van der Waals surface area contributed by atoms with Gasteiger partial charge in [-0.2, -0.15) is 0 Å². The molecule has 0 saturated heterocycles. The van der Waals surface area contributed by atoms with Crippen LogP contribution in [0, 0.1) is 0 Å². The second-order valence-electron chi connectivity index (χ2n) is 14.0. The van der Waals surface area contributed by atoms with E-state index in [1.807, 2.05) is 36.4 Å². The molecule has 0 radical (unpaired) electrons. The summed E-state index contributed by atoms with van der Waals surface area (Å²) in [5.74, 6) is 1.83. The second kappa shape index (κ2) is 13.0. The number of para-hydroxylation sites is 2. The van der Waals surface area contributed by atoms with Crippen LogP contribution in [0.5, 0.6) is 0 Å². The highest BCUT2D eigenvalue weighted by Gasteiger charge is 2.22. The Morgan fingerprint density at radius 2 is 0.875 bits per heavy atom. The Hall–Kier alpha value is -7.63. The van der Waals surface area contributed by atoms with Crippen LogP contribution in [-0.4, -0.2) is 19.5 Å². The average molecular weight is 717 g/mol.